The summed E-state index contributed by atoms with van der Waals surface area (Å²) >= 11 is 0. The quantitative estimate of drug-likeness (QED) is 0.860. The lowest BCUT2D eigenvalue weighted by Gasteiger charge is -2.43. The van der Waals surface area contributed by atoms with Gasteiger partial charge in [-0.2, -0.15) is 0 Å². The van der Waals surface area contributed by atoms with Crippen molar-refractivity contribution in [2.75, 3.05) is 39.4 Å². The van der Waals surface area contributed by atoms with E-state index in [2.05, 4.69) is 31.0 Å². The molecule has 0 radical (unpaired) electrons. The number of rotatable bonds is 4. The highest BCUT2D eigenvalue weighted by Crippen LogP contribution is 2.30. The largest absolute Gasteiger partial charge is 0.381 e. The molecule has 2 aliphatic heterocycles. The molecular formula is C18H36N2O. The third-order valence-corrected chi connectivity index (χ3v) is 4.91. The van der Waals surface area contributed by atoms with Gasteiger partial charge in [-0.3, -0.25) is 0 Å². The van der Waals surface area contributed by atoms with E-state index in [1.54, 1.807) is 0 Å². The summed E-state index contributed by atoms with van der Waals surface area (Å²) in [5, 5.41) is 3.74. The summed E-state index contributed by atoms with van der Waals surface area (Å²) in [6, 6.07) is 0. The number of nitrogens with zero attached hydrogens (tertiary/aromatic N) is 1. The van der Waals surface area contributed by atoms with Crippen molar-refractivity contribution in [1.82, 2.24) is 10.2 Å². The molecule has 1 N–H and O–H groups in total. The molecule has 2 rings (SSSR count). The monoisotopic (exact) mass is 296 g/mol. The van der Waals surface area contributed by atoms with Crippen LogP contribution in [0.2, 0.25) is 0 Å². The summed E-state index contributed by atoms with van der Waals surface area (Å²) < 4.78 is 5.88. The maximum Gasteiger partial charge on any atom is 0.0546 e. The van der Waals surface area contributed by atoms with Crippen molar-refractivity contribution >= 4 is 0 Å². The first-order valence-corrected chi connectivity index (χ1v) is 9.04. The Kier molecular flexibility index (Phi) is 6.51. The van der Waals surface area contributed by atoms with Crippen LogP contribution in [0, 0.1) is 5.41 Å². The molecule has 0 saturated carbocycles. The Hall–Kier alpha value is -0.120. The van der Waals surface area contributed by atoms with E-state index >= 15 is 0 Å². The fourth-order valence-electron chi connectivity index (χ4n) is 3.63. The Labute approximate surface area is 131 Å². The number of hydrogen-bond acceptors (Lipinski definition) is 3. The number of nitrogens with one attached hydrogen (secondary N) is 1. The van der Waals surface area contributed by atoms with Crippen molar-refractivity contribution in [1.29, 1.82) is 0 Å². The zero-order valence-electron chi connectivity index (χ0n) is 14.5. The van der Waals surface area contributed by atoms with Crippen LogP contribution in [0.4, 0.5) is 0 Å². The van der Waals surface area contributed by atoms with Crippen LogP contribution < -0.4 is 5.32 Å². The van der Waals surface area contributed by atoms with Gasteiger partial charge in [-0.05, 0) is 59.5 Å². The van der Waals surface area contributed by atoms with Crippen molar-refractivity contribution in [2.45, 2.75) is 71.3 Å². The van der Waals surface area contributed by atoms with E-state index in [0.29, 0.717) is 5.41 Å². The van der Waals surface area contributed by atoms with Gasteiger partial charge in [0.1, 0.15) is 0 Å². The van der Waals surface area contributed by atoms with Crippen LogP contribution in [-0.2, 0) is 4.74 Å². The smallest absolute Gasteiger partial charge is 0.0546 e. The van der Waals surface area contributed by atoms with Crippen molar-refractivity contribution in [3.63, 3.8) is 0 Å². The maximum absolute atomic E-state index is 5.88. The average Bonchev–Trinajstić information content (AvgIpc) is 2.40. The molecule has 2 saturated heterocycles. The standard InChI is InChI=1S/C18H36N2O/c1-17(2,3)19-14-18(10-9-13-21-16-18)15-20-11-7-5-4-6-8-12-20/h19H,4-16H2,1-3H3. The van der Waals surface area contributed by atoms with Gasteiger partial charge in [-0.15, -0.1) is 0 Å². The Morgan fingerprint density at radius 2 is 1.67 bits per heavy atom. The Morgan fingerprint density at radius 3 is 2.24 bits per heavy atom. The second-order valence-electron chi connectivity index (χ2n) is 8.30. The van der Waals surface area contributed by atoms with Crippen LogP contribution in [0.3, 0.4) is 0 Å². The molecule has 0 aromatic heterocycles. The van der Waals surface area contributed by atoms with Crippen molar-refractivity contribution < 1.29 is 4.74 Å². The first-order chi connectivity index (χ1) is 9.99. The molecule has 3 heteroatoms. The number of likely N-dealkylation sites (tertiary alicyclic amines) is 1. The van der Waals surface area contributed by atoms with Gasteiger partial charge < -0.3 is 15.0 Å². The minimum absolute atomic E-state index is 0.195. The fourth-order valence-corrected chi connectivity index (χ4v) is 3.63. The lowest BCUT2D eigenvalue weighted by molar-refractivity contribution is -0.0297. The highest BCUT2D eigenvalue weighted by atomic mass is 16.5. The Morgan fingerprint density at radius 1 is 1.00 bits per heavy atom. The molecule has 21 heavy (non-hydrogen) atoms. The first kappa shape index (κ1) is 17.2. The van der Waals surface area contributed by atoms with Crippen LogP contribution in [0.25, 0.3) is 0 Å². The minimum atomic E-state index is 0.195. The zero-order valence-corrected chi connectivity index (χ0v) is 14.5. The molecule has 0 aromatic rings. The number of hydrogen-bond donors (Lipinski definition) is 1. The van der Waals surface area contributed by atoms with E-state index in [1.807, 2.05) is 0 Å². The molecule has 0 bridgehead atoms. The predicted molar refractivity (Wildman–Crippen MR) is 89.8 cm³/mol. The average molecular weight is 296 g/mol. The molecule has 2 heterocycles. The van der Waals surface area contributed by atoms with E-state index in [0.717, 1.165) is 19.8 Å². The van der Waals surface area contributed by atoms with Gasteiger partial charge in [0.25, 0.3) is 0 Å². The van der Waals surface area contributed by atoms with E-state index in [4.69, 9.17) is 4.74 Å². The third kappa shape index (κ3) is 6.25. The second kappa shape index (κ2) is 7.94. The van der Waals surface area contributed by atoms with Gasteiger partial charge in [0, 0.05) is 30.7 Å². The molecule has 2 fully saturated rings. The topological polar surface area (TPSA) is 24.5 Å². The SMILES string of the molecule is CC(C)(C)NCC1(CN2CCCCCCC2)CCCOC1. The Balaban J connectivity index is 1.93. The summed E-state index contributed by atoms with van der Waals surface area (Å²) in [6.45, 7) is 13.6. The number of ether oxygens (including phenoxy) is 1. The molecule has 124 valence electrons. The summed E-state index contributed by atoms with van der Waals surface area (Å²) in [4.78, 5) is 2.72. The predicted octanol–water partition coefficient (Wildman–Crippen LogP) is 3.44. The van der Waals surface area contributed by atoms with Gasteiger partial charge in [-0.25, -0.2) is 0 Å². The van der Waals surface area contributed by atoms with E-state index < -0.39 is 0 Å². The molecule has 0 spiro atoms. The molecule has 2 aliphatic rings. The van der Waals surface area contributed by atoms with Crippen molar-refractivity contribution in [3.8, 4) is 0 Å². The molecule has 3 nitrogen and oxygen atoms in total. The van der Waals surface area contributed by atoms with E-state index in [9.17, 15) is 0 Å². The van der Waals surface area contributed by atoms with Crippen LogP contribution in [0.1, 0.15) is 65.7 Å². The summed E-state index contributed by atoms with van der Waals surface area (Å²) in [7, 11) is 0. The normalized spacial score (nSPS) is 29.9. The third-order valence-electron chi connectivity index (χ3n) is 4.91. The van der Waals surface area contributed by atoms with Crippen molar-refractivity contribution in [3.05, 3.63) is 0 Å². The minimum Gasteiger partial charge on any atom is -0.381 e. The van der Waals surface area contributed by atoms with E-state index in [1.165, 1.54) is 64.6 Å². The Bertz CT molecular complexity index is 284. The molecule has 1 unspecified atom stereocenters. The van der Waals surface area contributed by atoms with Crippen LogP contribution in [0.5, 0.6) is 0 Å². The van der Waals surface area contributed by atoms with Crippen LogP contribution in [-0.4, -0.2) is 49.8 Å². The lowest BCUT2D eigenvalue weighted by atomic mass is 9.81. The molecular weight excluding hydrogens is 260 g/mol. The summed E-state index contributed by atoms with van der Waals surface area (Å²) in [5.74, 6) is 0. The summed E-state index contributed by atoms with van der Waals surface area (Å²) in [5.41, 5.74) is 0.519. The molecule has 0 aliphatic carbocycles. The lowest BCUT2D eigenvalue weighted by Crippen LogP contribution is -2.52. The molecule has 0 aromatic carbocycles. The van der Waals surface area contributed by atoms with Gasteiger partial charge in [0.15, 0.2) is 0 Å². The fraction of sp³-hybridized carbons (Fsp3) is 1.00. The second-order valence-corrected chi connectivity index (χ2v) is 8.30. The van der Waals surface area contributed by atoms with Gasteiger partial charge in [-0.1, -0.05) is 19.3 Å². The zero-order chi connectivity index (χ0) is 15.2. The first-order valence-electron chi connectivity index (χ1n) is 9.04. The maximum atomic E-state index is 5.88. The highest BCUT2D eigenvalue weighted by Gasteiger charge is 2.35. The van der Waals surface area contributed by atoms with Crippen molar-refractivity contribution in [2.24, 2.45) is 5.41 Å². The van der Waals surface area contributed by atoms with Gasteiger partial charge in [0.05, 0.1) is 6.61 Å². The van der Waals surface area contributed by atoms with Crippen LogP contribution in [0.15, 0.2) is 0 Å². The highest BCUT2D eigenvalue weighted by molar-refractivity contribution is 4.89. The van der Waals surface area contributed by atoms with E-state index in [-0.39, 0.29) is 5.54 Å². The molecule has 1 atom stereocenters. The van der Waals surface area contributed by atoms with Gasteiger partial charge >= 0.3 is 0 Å². The summed E-state index contributed by atoms with van der Waals surface area (Å²) in [6.07, 6.45) is 9.56. The van der Waals surface area contributed by atoms with Crippen LogP contribution >= 0.6 is 0 Å². The van der Waals surface area contributed by atoms with Gasteiger partial charge in [0.2, 0.25) is 0 Å². The molecule has 0 amide bonds.